The number of hydrogen-bond acceptors (Lipinski definition) is 6. The third-order valence-corrected chi connectivity index (χ3v) is 7.09. The van der Waals surface area contributed by atoms with E-state index in [-0.39, 0.29) is 30.6 Å². The number of nitrogens with one attached hydrogen (secondary N) is 1. The molecule has 0 radical (unpaired) electrons. The molecule has 2 aromatic rings. The molecule has 0 bridgehead atoms. The number of likely N-dealkylation sites (N-methyl/N-ethyl adjacent to an activating group) is 1. The molecule has 0 aromatic heterocycles. The highest BCUT2D eigenvalue weighted by atomic mass is 16.7. The maximum Gasteiger partial charge on any atom is 0.231 e. The number of allylic oxidation sites excluding steroid dienone is 2. The molecule has 6 nitrogen and oxygen atoms in total. The Labute approximate surface area is 199 Å². The van der Waals surface area contributed by atoms with Crippen molar-refractivity contribution in [1.29, 1.82) is 0 Å². The standard InChI is InChI=1S/C28H29NO5/c1-29-26-20(18-11-12-24(31-2)27(32-3)23(18)15-30)10-9-19-21(26)14-25-28(34-16-33-25)22(19)13-17-7-5-4-6-8-17/h4-12,14-15,19-21,26,29H,13,16H2,1-3H3. The van der Waals surface area contributed by atoms with Crippen LogP contribution >= 0.6 is 0 Å². The number of carbonyl (C=O) groups is 1. The summed E-state index contributed by atoms with van der Waals surface area (Å²) in [5.74, 6) is 2.93. The van der Waals surface area contributed by atoms with Crippen LogP contribution in [-0.4, -0.2) is 40.4 Å². The van der Waals surface area contributed by atoms with Gasteiger partial charge in [-0.3, -0.25) is 4.79 Å². The van der Waals surface area contributed by atoms with Crippen LogP contribution in [-0.2, 0) is 15.9 Å². The lowest BCUT2D eigenvalue weighted by atomic mass is 9.66. The van der Waals surface area contributed by atoms with E-state index in [0.29, 0.717) is 17.1 Å². The summed E-state index contributed by atoms with van der Waals surface area (Å²) in [4.78, 5) is 12.2. The summed E-state index contributed by atoms with van der Waals surface area (Å²) in [6, 6.07) is 14.3. The zero-order chi connectivity index (χ0) is 23.7. The van der Waals surface area contributed by atoms with Crippen LogP contribution in [0.2, 0.25) is 0 Å². The molecule has 1 aliphatic heterocycles. The van der Waals surface area contributed by atoms with Gasteiger partial charge in [-0.05, 0) is 42.3 Å². The molecule has 2 aliphatic carbocycles. The van der Waals surface area contributed by atoms with Crippen molar-refractivity contribution in [2.45, 2.75) is 18.4 Å². The molecule has 2 aromatic carbocycles. The smallest absolute Gasteiger partial charge is 0.231 e. The summed E-state index contributed by atoms with van der Waals surface area (Å²) in [6.07, 6.45) is 8.29. The molecular weight excluding hydrogens is 430 g/mol. The molecule has 6 heteroatoms. The molecule has 1 saturated heterocycles. The number of carbonyl (C=O) groups excluding carboxylic acids is 1. The molecule has 3 aliphatic rings. The molecule has 176 valence electrons. The van der Waals surface area contributed by atoms with E-state index in [1.54, 1.807) is 14.2 Å². The van der Waals surface area contributed by atoms with Crippen molar-refractivity contribution < 1.29 is 23.7 Å². The maximum atomic E-state index is 12.2. The minimum atomic E-state index is -0.0371. The number of benzene rings is 2. The lowest BCUT2D eigenvalue weighted by Crippen LogP contribution is -2.45. The minimum Gasteiger partial charge on any atom is -0.493 e. The van der Waals surface area contributed by atoms with Gasteiger partial charge in [-0.2, -0.15) is 0 Å². The van der Waals surface area contributed by atoms with Gasteiger partial charge in [0, 0.05) is 23.8 Å². The minimum absolute atomic E-state index is 0.0371. The van der Waals surface area contributed by atoms with Gasteiger partial charge >= 0.3 is 0 Å². The molecule has 4 unspecified atom stereocenters. The van der Waals surface area contributed by atoms with E-state index in [9.17, 15) is 4.79 Å². The highest BCUT2D eigenvalue weighted by Crippen LogP contribution is 2.48. The Bertz CT molecular complexity index is 1170. The van der Waals surface area contributed by atoms with Gasteiger partial charge in [0.25, 0.3) is 0 Å². The molecule has 1 N–H and O–H groups in total. The number of methoxy groups -OCH3 is 2. The summed E-state index contributed by atoms with van der Waals surface area (Å²) >= 11 is 0. The molecule has 0 spiro atoms. The van der Waals surface area contributed by atoms with Crippen molar-refractivity contribution in [3.63, 3.8) is 0 Å². The summed E-state index contributed by atoms with van der Waals surface area (Å²) in [5.41, 5.74) is 3.88. The Morgan fingerprint density at radius 2 is 1.82 bits per heavy atom. The number of fused-ring (bicyclic) bond motifs is 2. The van der Waals surface area contributed by atoms with Gasteiger partial charge in [-0.1, -0.05) is 48.6 Å². The number of ether oxygens (including phenoxy) is 4. The van der Waals surface area contributed by atoms with Crippen molar-refractivity contribution in [3.8, 4) is 11.5 Å². The van der Waals surface area contributed by atoms with E-state index in [4.69, 9.17) is 18.9 Å². The zero-order valence-electron chi connectivity index (χ0n) is 19.6. The van der Waals surface area contributed by atoms with Crippen LogP contribution in [0, 0.1) is 11.8 Å². The number of aldehydes is 1. The predicted octanol–water partition coefficient (Wildman–Crippen LogP) is 4.39. The third kappa shape index (κ3) is 3.68. The predicted molar refractivity (Wildman–Crippen MR) is 129 cm³/mol. The second-order valence-corrected chi connectivity index (χ2v) is 8.70. The Kier molecular flexibility index (Phi) is 6.16. The van der Waals surface area contributed by atoms with Crippen molar-refractivity contribution in [1.82, 2.24) is 5.32 Å². The first-order valence-electron chi connectivity index (χ1n) is 11.5. The van der Waals surface area contributed by atoms with Crippen LogP contribution in [0.5, 0.6) is 11.5 Å². The van der Waals surface area contributed by atoms with Crippen LogP contribution in [0.4, 0.5) is 0 Å². The highest BCUT2D eigenvalue weighted by molar-refractivity contribution is 5.84. The molecule has 5 rings (SSSR count). The van der Waals surface area contributed by atoms with Gasteiger partial charge in [0.1, 0.15) is 0 Å². The average Bonchev–Trinajstić information content (AvgIpc) is 3.36. The van der Waals surface area contributed by atoms with Crippen molar-refractivity contribution >= 4 is 6.29 Å². The molecule has 34 heavy (non-hydrogen) atoms. The van der Waals surface area contributed by atoms with Gasteiger partial charge in [-0.15, -0.1) is 0 Å². The average molecular weight is 460 g/mol. The summed E-state index contributed by atoms with van der Waals surface area (Å²) in [5, 5.41) is 3.53. The Morgan fingerprint density at radius 1 is 1.03 bits per heavy atom. The van der Waals surface area contributed by atoms with E-state index in [1.807, 2.05) is 25.2 Å². The van der Waals surface area contributed by atoms with E-state index in [0.717, 1.165) is 29.8 Å². The first-order valence-corrected chi connectivity index (χ1v) is 11.5. The quantitative estimate of drug-likeness (QED) is 0.489. The molecule has 0 amide bonds. The lowest BCUT2D eigenvalue weighted by Gasteiger charge is -2.41. The van der Waals surface area contributed by atoms with Gasteiger partial charge in [-0.25, -0.2) is 0 Å². The van der Waals surface area contributed by atoms with Crippen LogP contribution in [0.3, 0.4) is 0 Å². The summed E-state index contributed by atoms with van der Waals surface area (Å²) < 4.78 is 22.7. The largest absolute Gasteiger partial charge is 0.493 e. The number of rotatable bonds is 7. The fraction of sp³-hybridized carbons (Fsp3) is 0.321. The Morgan fingerprint density at radius 3 is 2.53 bits per heavy atom. The molecule has 0 saturated carbocycles. The molecule has 1 fully saturated rings. The van der Waals surface area contributed by atoms with Crippen LogP contribution in [0.1, 0.15) is 27.4 Å². The second-order valence-electron chi connectivity index (χ2n) is 8.70. The fourth-order valence-corrected chi connectivity index (χ4v) is 5.56. The molecular formula is C28H29NO5. The van der Waals surface area contributed by atoms with E-state index < -0.39 is 0 Å². The van der Waals surface area contributed by atoms with Gasteiger partial charge in [0.2, 0.25) is 6.79 Å². The molecule has 4 atom stereocenters. The van der Waals surface area contributed by atoms with E-state index in [2.05, 4.69) is 47.8 Å². The highest BCUT2D eigenvalue weighted by Gasteiger charge is 2.43. The van der Waals surface area contributed by atoms with Crippen molar-refractivity contribution in [3.05, 3.63) is 94.5 Å². The van der Waals surface area contributed by atoms with Crippen molar-refractivity contribution in [2.24, 2.45) is 11.8 Å². The molecule has 1 heterocycles. The normalized spacial score (nSPS) is 25.0. The van der Waals surface area contributed by atoms with E-state index >= 15 is 0 Å². The first-order chi connectivity index (χ1) is 16.7. The third-order valence-electron chi connectivity index (χ3n) is 7.09. The second kappa shape index (κ2) is 9.39. The van der Waals surface area contributed by atoms with Crippen molar-refractivity contribution in [2.75, 3.05) is 28.1 Å². The van der Waals surface area contributed by atoms with Crippen LogP contribution in [0.15, 0.2) is 77.8 Å². The SMILES string of the molecule is CNC1C(c2ccc(OC)c(OC)c2C=O)C=CC2C(Cc3ccccc3)=C3OCOC3=CC21. The summed E-state index contributed by atoms with van der Waals surface area (Å²) in [6.45, 7) is 0.237. The zero-order valence-corrected chi connectivity index (χ0v) is 19.6. The Balaban J connectivity index is 1.58. The summed E-state index contributed by atoms with van der Waals surface area (Å²) in [7, 11) is 5.10. The maximum absolute atomic E-state index is 12.2. The van der Waals surface area contributed by atoms with Gasteiger partial charge in [0.15, 0.2) is 29.3 Å². The Hall–Kier alpha value is -3.51. The lowest BCUT2D eigenvalue weighted by molar-refractivity contribution is 0.0970. The van der Waals surface area contributed by atoms with E-state index in [1.165, 1.54) is 11.1 Å². The van der Waals surface area contributed by atoms with Crippen LogP contribution < -0.4 is 14.8 Å². The van der Waals surface area contributed by atoms with Gasteiger partial charge < -0.3 is 24.3 Å². The monoisotopic (exact) mass is 459 g/mol. The topological polar surface area (TPSA) is 66.0 Å². The fourth-order valence-electron chi connectivity index (χ4n) is 5.56. The first kappa shape index (κ1) is 22.3. The van der Waals surface area contributed by atoms with Gasteiger partial charge in [0.05, 0.1) is 19.8 Å². The number of hydrogen-bond donors (Lipinski definition) is 1. The van der Waals surface area contributed by atoms with Crippen LogP contribution in [0.25, 0.3) is 0 Å².